The predicted molar refractivity (Wildman–Crippen MR) is 127 cm³/mol. The summed E-state index contributed by atoms with van der Waals surface area (Å²) in [5.74, 6) is 0.821. The van der Waals surface area contributed by atoms with E-state index in [1.807, 2.05) is 19.1 Å². The molecule has 0 radical (unpaired) electrons. The van der Waals surface area contributed by atoms with Gasteiger partial charge in [-0.15, -0.1) is 0 Å². The molecular formula is C25H34N4O5. The van der Waals surface area contributed by atoms with E-state index in [1.54, 1.807) is 43.0 Å². The molecule has 2 heterocycles. The molecule has 1 atom stereocenters. The molecule has 9 nitrogen and oxygen atoms in total. The van der Waals surface area contributed by atoms with Crippen molar-refractivity contribution >= 4 is 11.8 Å². The highest BCUT2D eigenvalue weighted by Gasteiger charge is 2.48. The number of rotatable bonds is 8. The summed E-state index contributed by atoms with van der Waals surface area (Å²) in [5, 5.41) is 7.91. The minimum Gasteiger partial charge on any atom is -0.493 e. The molecule has 0 bridgehead atoms. The van der Waals surface area contributed by atoms with E-state index in [0.717, 1.165) is 31.2 Å². The quantitative estimate of drug-likeness (QED) is 0.638. The minimum absolute atomic E-state index is 0.141. The lowest BCUT2D eigenvalue weighted by atomic mass is 9.91. The van der Waals surface area contributed by atoms with Crippen LogP contribution in [0.4, 0.5) is 0 Å². The SMILES string of the molecule is COCCN1C(=O)c2cc(-c3ccc(OC)c(OC)c3)nn2C[C@]1(C)C(=O)NC1CCCCC1. The van der Waals surface area contributed by atoms with Crippen molar-refractivity contribution in [2.45, 2.75) is 57.2 Å². The van der Waals surface area contributed by atoms with Crippen molar-refractivity contribution in [1.29, 1.82) is 0 Å². The van der Waals surface area contributed by atoms with Crippen LogP contribution < -0.4 is 14.8 Å². The fourth-order valence-electron chi connectivity index (χ4n) is 4.90. The van der Waals surface area contributed by atoms with Crippen LogP contribution in [0.1, 0.15) is 49.5 Å². The van der Waals surface area contributed by atoms with E-state index < -0.39 is 5.54 Å². The molecule has 2 aliphatic rings. The maximum Gasteiger partial charge on any atom is 0.273 e. The molecule has 2 aromatic rings. The molecule has 1 aliphatic carbocycles. The first-order chi connectivity index (χ1) is 16.4. The van der Waals surface area contributed by atoms with Crippen LogP contribution in [-0.4, -0.2) is 72.6 Å². The maximum absolute atomic E-state index is 13.6. The number of nitrogens with one attached hydrogen (secondary N) is 1. The third-order valence-electron chi connectivity index (χ3n) is 6.93. The zero-order chi connectivity index (χ0) is 24.3. The molecule has 1 saturated carbocycles. The fraction of sp³-hybridized carbons (Fsp3) is 0.560. The molecule has 34 heavy (non-hydrogen) atoms. The number of carbonyl (C=O) groups is 2. The molecular weight excluding hydrogens is 436 g/mol. The molecule has 0 unspecified atom stereocenters. The number of hydrogen-bond donors (Lipinski definition) is 1. The van der Waals surface area contributed by atoms with Crippen molar-refractivity contribution in [3.8, 4) is 22.8 Å². The van der Waals surface area contributed by atoms with Gasteiger partial charge in [-0.3, -0.25) is 14.3 Å². The van der Waals surface area contributed by atoms with E-state index in [2.05, 4.69) is 5.32 Å². The van der Waals surface area contributed by atoms with Crippen LogP contribution in [0.5, 0.6) is 11.5 Å². The standard InChI is InChI=1S/C25H34N4O5/c1-25(24(31)26-18-8-6-5-7-9-18)16-29-20(23(30)28(25)12-13-32-2)15-19(27-29)17-10-11-21(33-3)22(14-17)34-4/h10-11,14-15,18H,5-9,12-13,16H2,1-4H3,(H,26,31)/t25-/m1/s1. The van der Waals surface area contributed by atoms with Gasteiger partial charge in [-0.1, -0.05) is 19.3 Å². The highest BCUT2D eigenvalue weighted by Crippen LogP contribution is 2.34. The lowest BCUT2D eigenvalue weighted by Gasteiger charge is -2.44. The summed E-state index contributed by atoms with van der Waals surface area (Å²) in [6.45, 7) is 2.75. The van der Waals surface area contributed by atoms with E-state index in [4.69, 9.17) is 19.3 Å². The Kier molecular flexibility index (Phi) is 7.11. The van der Waals surface area contributed by atoms with Crippen molar-refractivity contribution in [3.05, 3.63) is 30.0 Å². The van der Waals surface area contributed by atoms with Crippen LogP contribution in [0, 0.1) is 0 Å². The average Bonchev–Trinajstić information content (AvgIpc) is 3.28. The molecule has 1 aliphatic heterocycles. The molecule has 9 heteroatoms. The van der Waals surface area contributed by atoms with E-state index >= 15 is 0 Å². The molecule has 0 spiro atoms. The minimum atomic E-state index is -1.07. The summed E-state index contributed by atoms with van der Waals surface area (Å²) < 4.78 is 17.6. The summed E-state index contributed by atoms with van der Waals surface area (Å²) in [4.78, 5) is 28.7. The Morgan fingerprint density at radius 2 is 1.85 bits per heavy atom. The van der Waals surface area contributed by atoms with Crippen molar-refractivity contribution < 1.29 is 23.8 Å². The van der Waals surface area contributed by atoms with Gasteiger partial charge in [-0.25, -0.2) is 0 Å². The van der Waals surface area contributed by atoms with E-state index in [0.29, 0.717) is 36.0 Å². The Hall–Kier alpha value is -3.07. The first kappa shape index (κ1) is 24.1. The molecule has 0 saturated heterocycles. The van der Waals surface area contributed by atoms with Crippen LogP contribution >= 0.6 is 0 Å². The number of carbonyl (C=O) groups excluding carboxylic acids is 2. The Balaban J connectivity index is 1.66. The van der Waals surface area contributed by atoms with Gasteiger partial charge in [-0.2, -0.15) is 5.10 Å². The smallest absolute Gasteiger partial charge is 0.273 e. The van der Waals surface area contributed by atoms with Gasteiger partial charge < -0.3 is 24.4 Å². The third-order valence-corrected chi connectivity index (χ3v) is 6.93. The van der Waals surface area contributed by atoms with Crippen LogP contribution in [0.15, 0.2) is 24.3 Å². The summed E-state index contributed by atoms with van der Waals surface area (Å²) in [5.41, 5.74) is 0.807. The van der Waals surface area contributed by atoms with E-state index in [-0.39, 0.29) is 24.4 Å². The van der Waals surface area contributed by atoms with Crippen LogP contribution in [0.2, 0.25) is 0 Å². The van der Waals surface area contributed by atoms with Crippen LogP contribution in [0.3, 0.4) is 0 Å². The molecule has 184 valence electrons. The topological polar surface area (TPSA) is 94.9 Å². The van der Waals surface area contributed by atoms with E-state index in [9.17, 15) is 9.59 Å². The maximum atomic E-state index is 13.6. The number of fused-ring (bicyclic) bond motifs is 1. The highest BCUT2D eigenvalue weighted by molar-refractivity contribution is 6.00. The second-order valence-electron chi connectivity index (χ2n) is 9.17. The molecule has 1 aromatic heterocycles. The Bertz CT molecular complexity index is 1050. The van der Waals surface area contributed by atoms with Gasteiger partial charge in [0, 0.05) is 25.3 Å². The van der Waals surface area contributed by atoms with E-state index in [1.165, 1.54) is 6.42 Å². The predicted octanol–water partition coefficient (Wildman–Crippen LogP) is 2.88. The molecule has 2 amide bonds. The van der Waals surface area contributed by atoms with Gasteiger partial charge in [0.15, 0.2) is 11.5 Å². The van der Waals surface area contributed by atoms with Gasteiger partial charge in [-0.05, 0) is 44.0 Å². The zero-order valence-corrected chi connectivity index (χ0v) is 20.4. The normalized spacial score (nSPS) is 20.7. The first-order valence-corrected chi connectivity index (χ1v) is 11.8. The van der Waals surface area contributed by atoms with Gasteiger partial charge in [0.05, 0.1) is 33.1 Å². The number of hydrogen-bond acceptors (Lipinski definition) is 6. The number of ether oxygens (including phenoxy) is 3. The fourth-order valence-corrected chi connectivity index (χ4v) is 4.90. The second-order valence-corrected chi connectivity index (χ2v) is 9.17. The number of aromatic nitrogens is 2. The Labute approximate surface area is 200 Å². The highest BCUT2D eigenvalue weighted by atomic mass is 16.5. The van der Waals surface area contributed by atoms with Gasteiger partial charge in [0.1, 0.15) is 11.2 Å². The van der Waals surface area contributed by atoms with Crippen molar-refractivity contribution in [3.63, 3.8) is 0 Å². The molecule has 1 fully saturated rings. The van der Waals surface area contributed by atoms with Gasteiger partial charge in [0.25, 0.3) is 5.91 Å². The number of methoxy groups -OCH3 is 3. The summed E-state index contributed by atoms with van der Waals surface area (Å²) in [6, 6.07) is 7.43. The number of benzene rings is 1. The lowest BCUT2D eigenvalue weighted by molar-refractivity contribution is -0.134. The molecule has 4 rings (SSSR count). The Morgan fingerprint density at radius 3 is 2.53 bits per heavy atom. The molecule has 1 aromatic carbocycles. The largest absolute Gasteiger partial charge is 0.493 e. The monoisotopic (exact) mass is 470 g/mol. The Morgan fingerprint density at radius 1 is 1.12 bits per heavy atom. The zero-order valence-electron chi connectivity index (χ0n) is 20.4. The molecule has 1 N–H and O–H groups in total. The van der Waals surface area contributed by atoms with Crippen molar-refractivity contribution in [2.24, 2.45) is 0 Å². The summed E-state index contributed by atoms with van der Waals surface area (Å²) >= 11 is 0. The van der Waals surface area contributed by atoms with Gasteiger partial charge in [0.2, 0.25) is 5.91 Å². The van der Waals surface area contributed by atoms with Crippen LogP contribution in [0.25, 0.3) is 11.3 Å². The number of amides is 2. The van der Waals surface area contributed by atoms with Crippen LogP contribution in [-0.2, 0) is 16.1 Å². The van der Waals surface area contributed by atoms with Gasteiger partial charge >= 0.3 is 0 Å². The second kappa shape index (κ2) is 10.0. The number of nitrogens with zero attached hydrogens (tertiary/aromatic N) is 3. The van der Waals surface area contributed by atoms with Crippen molar-refractivity contribution in [1.82, 2.24) is 20.0 Å². The average molecular weight is 471 g/mol. The first-order valence-electron chi connectivity index (χ1n) is 11.8. The van der Waals surface area contributed by atoms with Crippen molar-refractivity contribution in [2.75, 3.05) is 34.5 Å². The third kappa shape index (κ3) is 4.49. The summed E-state index contributed by atoms with van der Waals surface area (Å²) in [7, 11) is 4.75. The summed E-state index contributed by atoms with van der Waals surface area (Å²) in [6.07, 6.45) is 5.39. The lowest BCUT2D eigenvalue weighted by Crippen LogP contribution is -2.65.